The molecule has 2 rings (SSSR count). The van der Waals surface area contributed by atoms with Gasteiger partial charge in [0.1, 0.15) is 5.52 Å². The fourth-order valence-corrected chi connectivity index (χ4v) is 2.79. The number of amides is 1. The zero-order chi connectivity index (χ0) is 16.8. The summed E-state index contributed by atoms with van der Waals surface area (Å²) in [5, 5.41) is 4.43. The van der Waals surface area contributed by atoms with E-state index in [2.05, 4.69) is 17.2 Å². The van der Waals surface area contributed by atoms with Crippen LogP contribution in [0.4, 0.5) is 0 Å². The summed E-state index contributed by atoms with van der Waals surface area (Å²) < 4.78 is 5.61. The van der Waals surface area contributed by atoms with Crippen LogP contribution in [0.5, 0.6) is 5.75 Å². The molecule has 124 valence electrons. The molecule has 1 N–H and O–H groups in total. The Balaban J connectivity index is 2.10. The molecule has 4 nitrogen and oxygen atoms in total. The van der Waals surface area contributed by atoms with Crippen LogP contribution in [0.3, 0.4) is 0 Å². The largest absolute Gasteiger partial charge is 0.480 e. The third-order valence-corrected chi connectivity index (χ3v) is 4.02. The summed E-state index contributed by atoms with van der Waals surface area (Å²) in [7, 11) is 0. The Morgan fingerprint density at radius 1 is 1.26 bits per heavy atom. The van der Waals surface area contributed by atoms with Crippen molar-refractivity contribution in [3.63, 3.8) is 0 Å². The lowest BCUT2D eigenvalue weighted by molar-refractivity contribution is -0.123. The number of carbonyl (C=O) groups excluding carboxylic acids is 1. The van der Waals surface area contributed by atoms with Crippen molar-refractivity contribution in [2.24, 2.45) is 0 Å². The maximum Gasteiger partial charge on any atom is 0.257 e. The van der Waals surface area contributed by atoms with Gasteiger partial charge >= 0.3 is 0 Å². The van der Waals surface area contributed by atoms with Crippen molar-refractivity contribution in [1.29, 1.82) is 0 Å². The molecule has 1 aromatic heterocycles. The van der Waals surface area contributed by atoms with Gasteiger partial charge in [0.2, 0.25) is 0 Å². The average Bonchev–Trinajstić information content (AvgIpc) is 2.51. The topological polar surface area (TPSA) is 51.2 Å². The maximum atomic E-state index is 11.8. The number of aryl methyl sites for hydroxylation is 1. The molecule has 0 bridgehead atoms. The molecule has 0 spiro atoms. The molecule has 0 saturated carbocycles. The maximum absolute atomic E-state index is 11.8. The summed E-state index contributed by atoms with van der Waals surface area (Å²) in [6, 6.07) is 5.34. The van der Waals surface area contributed by atoms with Crippen molar-refractivity contribution in [1.82, 2.24) is 10.3 Å². The first-order valence-corrected chi connectivity index (χ1v) is 8.43. The number of benzene rings is 1. The molecule has 0 aliphatic carbocycles. The van der Waals surface area contributed by atoms with Gasteiger partial charge in [0, 0.05) is 17.6 Å². The van der Waals surface area contributed by atoms with E-state index in [-0.39, 0.29) is 12.5 Å². The number of aromatic nitrogens is 1. The molecular formula is C17H20Cl2N2O2. The molecule has 0 fully saturated rings. The summed E-state index contributed by atoms with van der Waals surface area (Å²) in [6.45, 7) is 4.55. The summed E-state index contributed by atoms with van der Waals surface area (Å²) >= 11 is 12.4. The highest BCUT2D eigenvalue weighted by molar-refractivity contribution is 6.39. The lowest BCUT2D eigenvalue weighted by Crippen LogP contribution is -2.29. The van der Waals surface area contributed by atoms with E-state index in [1.807, 2.05) is 19.1 Å². The van der Waals surface area contributed by atoms with Crippen LogP contribution in [0.25, 0.3) is 10.9 Å². The minimum absolute atomic E-state index is 0.0990. The van der Waals surface area contributed by atoms with Gasteiger partial charge in [-0.25, -0.2) is 4.98 Å². The van der Waals surface area contributed by atoms with E-state index in [0.717, 1.165) is 30.3 Å². The SMILES string of the molecule is CCCCCNC(=O)COc1c(Cl)cc(Cl)c2ccc(C)nc12. The average molecular weight is 355 g/mol. The van der Waals surface area contributed by atoms with E-state index in [4.69, 9.17) is 27.9 Å². The van der Waals surface area contributed by atoms with Crippen LogP contribution < -0.4 is 10.1 Å². The van der Waals surface area contributed by atoms with Gasteiger partial charge in [-0.3, -0.25) is 4.79 Å². The van der Waals surface area contributed by atoms with Crippen molar-refractivity contribution >= 4 is 40.0 Å². The number of rotatable bonds is 7. The number of hydrogen-bond acceptors (Lipinski definition) is 3. The van der Waals surface area contributed by atoms with E-state index in [0.29, 0.717) is 27.9 Å². The number of carbonyl (C=O) groups is 1. The van der Waals surface area contributed by atoms with Crippen molar-refractivity contribution in [2.75, 3.05) is 13.2 Å². The highest BCUT2D eigenvalue weighted by Gasteiger charge is 2.14. The predicted molar refractivity (Wildman–Crippen MR) is 94.5 cm³/mol. The molecule has 0 aliphatic rings. The number of hydrogen-bond donors (Lipinski definition) is 1. The zero-order valence-corrected chi connectivity index (χ0v) is 14.8. The summed E-state index contributed by atoms with van der Waals surface area (Å²) in [4.78, 5) is 16.3. The standard InChI is InChI=1S/C17H20Cl2N2O2/c1-3-4-5-8-20-15(22)10-23-17-14(19)9-13(18)12-7-6-11(2)21-16(12)17/h6-7,9H,3-5,8,10H2,1-2H3,(H,20,22). The lowest BCUT2D eigenvalue weighted by atomic mass is 10.2. The van der Waals surface area contributed by atoms with Gasteiger partial charge in [0.05, 0.1) is 10.0 Å². The number of fused-ring (bicyclic) bond motifs is 1. The first kappa shape index (κ1) is 17.8. The Hall–Kier alpha value is -1.52. The zero-order valence-electron chi connectivity index (χ0n) is 13.3. The number of halogens is 2. The van der Waals surface area contributed by atoms with Crippen LogP contribution in [0.1, 0.15) is 31.9 Å². The van der Waals surface area contributed by atoms with Gasteiger partial charge < -0.3 is 10.1 Å². The van der Waals surface area contributed by atoms with Crippen LogP contribution in [0, 0.1) is 6.92 Å². The van der Waals surface area contributed by atoms with Crippen molar-refractivity contribution in [3.05, 3.63) is 33.9 Å². The van der Waals surface area contributed by atoms with E-state index in [1.54, 1.807) is 6.07 Å². The quantitative estimate of drug-likeness (QED) is 0.742. The molecule has 23 heavy (non-hydrogen) atoms. The van der Waals surface area contributed by atoms with Crippen molar-refractivity contribution in [2.45, 2.75) is 33.1 Å². The molecule has 0 atom stereocenters. The van der Waals surface area contributed by atoms with Gasteiger partial charge in [0.25, 0.3) is 5.91 Å². The Morgan fingerprint density at radius 2 is 2.04 bits per heavy atom. The molecular weight excluding hydrogens is 335 g/mol. The molecule has 2 aromatic rings. The van der Waals surface area contributed by atoms with Gasteiger partial charge in [-0.15, -0.1) is 0 Å². The number of ether oxygens (including phenoxy) is 1. The smallest absolute Gasteiger partial charge is 0.257 e. The highest BCUT2D eigenvalue weighted by atomic mass is 35.5. The molecule has 1 aromatic carbocycles. The Labute approximate surface area is 146 Å². The van der Waals surface area contributed by atoms with E-state index in [9.17, 15) is 4.79 Å². The number of pyridine rings is 1. The van der Waals surface area contributed by atoms with E-state index >= 15 is 0 Å². The first-order chi connectivity index (χ1) is 11.0. The minimum Gasteiger partial charge on any atom is -0.480 e. The van der Waals surface area contributed by atoms with Gasteiger partial charge in [-0.2, -0.15) is 0 Å². The second-order valence-corrected chi connectivity index (χ2v) is 6.18. The Morgan fingerprint density at radius 3 is 2.78 bits per heavy atom. The van der Waals surface area contributed by atoms with Crippen LogP contribution >= 0.6 is 23.2 Å². The van der Waals surface area contributed by atoms with E-state index in [1.165, 1.54) is 0 Å². The molecule has 1 heterocycles. The second kappa shape index (κ2) is 8.37. The molecule has 0 unspecified atom stereocenters. The Kier molecular flexibility index (Phi) is 6.48. The summed E-state index contributed by atoms with van der Waals surface area (Å²) in [6.07, 6.45) is 3.18. The molecule has 0 saturated heterocycles. The van der Waals surface area contributed by atoms with Gasteiger partial charge in [-0.05, 0) is 31.5 Å². The number of nitrogens with one attached hydrogen (secondary N) is 1. The molecule has 0 aliphatic heterocycles. The van der Waals surface area contributed by atoms with Gasteiger partial charge in [0.15, 0.2) is 12.4 Å². The van der Waals surface area contributed by atoms with E-state index < -0.39 is 0 Å². The third-order valence-electron chi connectivity index (χ3n) is 3.43. The summed E-state index contributed by atoms with van der Waals surface area (Å²) in [5.74, 6) is 0.214. The molecule has 1 amide bonds. The molecule has 0 radical (unpaired) electrons. The van der Waals surface area contributed by atoms with Crippen LogP contribution in [0.2, 0.25) is 10.0 Å². The summed E-state index contributed by atoms with van der Waals surface area (Å²) in [5.41, 5.74) is 1.39. The lowest BCUT2D eigenvalue weighted by Gasteiger charge is -2.12. The fraction of sp³-hybridized carbons (Fsp3) is 0.412. The number of unbranched alkanes of at least 4 members (excludes halogenated alkanes) is 2. The minimum atomic E-state index is -0.173. The first-order valence-electron chi connectivity index (χ1n) is 7.67. The van der Waals surface area contributed by atoms with Crippen LogP contribution in [-0.4, -0.2) is 24.0 Å². The number of nitrogens with zero attached hydrogens (tertiary/aromatic N) is 1. The van der Waals surface area contributed by atoms with Crippen molar-refractivity contribution < 1.29 is 9.53 Å². The fourth-order valence-electron chi connectivity index (χ4n) is 2.22. The van der Waals surface area contributed by atoms with Gasteiger partial charge in [-0.1, -0.05) is 43.0 Å². The van der Waals surface area contributed by atoms with Crippen molar-refractivity contribution in [3.8, 4) is 5.75 Å². The second-order valence-electron chi connectivity index (χ2n) is 5.36. The normalized spacial score (nSPS) is 10.8. The molecule has 6 heteroatoms. The predicted octanol–water partition coefficient (Wildman–Crippen LogP) is 4.54. The monoisotopic (exact) mass is 354 g/mol. The van der Waals surface area contributed by atoms with Crippen LogP contribution in [0.15, 0.2) is 18.2 Å². The third kappa shape index (κ3) is 4.72. The van der Waals surface area contributed by atoms with Crippen LogP contribution in [-0.2, 0) is 4.79 Å². The highest BCUT2D eigenvalue weighted by Crippen LogP contribution is 2.37. The Bertz CT molecular complexity index is 705.